The third kappa shape index (κ3) is 4.89. The van der Waals surface area contributed by atoms with Crippen molar-refractivity contribution in [2.24, 2.45) is 0 Å². The highest BCUT2D eigenvalue weighted by molar-refractivity contribution is 9.11. The Morgan fingerprint density at radius 1 is 1.30 bits per heavy atom. The molecule has 2 rings (SSSR count). The first-order chi connectivity index (χ1) is 9.67. The van der Waals surface area contributed by atoms with Gasteiger partial charge in [0.05, 0.1) is 3.79 Å². The molecule has 0 bridgehead atoms. The Bertz CT molecular complexity index is 524. The van der Waals surface area contributed by atoms with Gasteiger partial charge in [-0.3, -0.25) is 4.90 Å². The molecule has 0 aliphatic heterocycles. The summed E-state index contributed by atoms with van der Waals surface area (Å²) in [6, 6.07) is 6.38. The summed E-state index contributed by atoms with van der Waals surface area (Å²) < 4.78 is 1.19. The van der Waals surface area contributed by atoms with Crippen molar-refractivity contribution in [3.63, 3.8) is 0 Å². The zero-order valence-electron chi connectivity index (χ0n) is 11.9. The summed E-state index contributed by atoms with van der Waals surface area (Å²) in [6.45, 7) is 4.99. The third-order valence-electron chi connectivity index (χ3n) is 2.91. The van der Waals surface area contributed by atoms with Gasteiger partial charge in [0.2, 0.25) is 0 Å². The maximum atomic E-state index is 4.44. The molecular weight excluding hydrogens is 334 g/mol. The molecule has 0 aliphatic rings. The number of hydrogen-bond acceptors (Lipinski definition) is 4. The van der Waals surface area contributed by atoms with Crippen LogP contribution in [-0.2, 0) is 13.1 Å². The van der Waals surface area contributed by atoms with E-state index in [1.54, 1.807) is 11.3 Å². The molecule has 0 fully saturated rings. The molecule has 20 heavy (non-hydrogen) atoms. The highest BCUT2D eigenvalue weighted by atomic mass is 79.9. The van der Waals surface area contributed by atoms with Gasteiger partial charge >= 0.3 is 0 Å². The predicted molar refractivity (Wildman–Crippen MR) is 90.2 cm³/mol. The summed E-state index contributed by atoms with van der Waals surface area (Å²) in [5.74, 6) is 0.958. The largest absolute Gasteiger partial charge is 0.370 e. The topological polar surface area (TPSA) is 28.2 Å². The Labute approximate surface area is 133 Å². The van der Waals surface area contributed by atoms with Crippen LogP contribution >= 0.6 is 27.3 Å². The van der Waals surface area contributed by atoms with Crippen LogP contribution in [0.4, 0.5) is 5.82 Å². The van der Waals surface area contributed by atoms with E-state index in [-0.39, 0.29) is 0 Å². The highest BCUT2D eigenvalue weighted by Crippen LogP contribution is 2.21. The lowest BCUT2D eigenvalue weighted by molar-refractivity contribution is 0.319. The zero-order valence-corrected chi connectivity index (χ0v) is 14.3. The minimum atomic E-state index is 0.911. The van der Waals surface area contributed by atoms with Gasteiger partial charge in [-0.25, -0.2) is 4.98 Å². The van der Waals surface area contributed by atoms with Gasteiger partial charge in [-0.2, -0.15) is 0 Å². The molecule has 0 radical (unpaired) electrons. The Hall–Kier alpha value is -0.910. The monoisotopic (exact) mass is 353 g/mol. The SMILES string of the molecule is CCCNc1ccc(CN(C)Cc2csc(Br)c2)cn1. The average molecular weight is 354 g/mol. The van der Waals surface area contributed by atoms with Crippen LogP contribution in [0.1, 0.15) is 24.5 Å². The van der Waals surface area contributed by atoms with Crippen LogP contribution in [0.2, 0.25) is 0 Å². The Morgan fingerprint density at radius 3 is 2.70 bits per heavy atom. The fourth-order valence-electron chi connectivity index (χ4n) is 1.98. The number of pyridine rings is 1. The van der Waals surface area contributed by atoms with Crippen molar-refractivity contribution in [3.8, 4) is 0 Å². The van der Waals surface area contributed by atoms with Crippen molar-refractivity contribution in [1.82, 2.24) is 9.88 Å². The smallest absolute Gasteiger partial charge is 0.125 e. The van der Waals surface area contributed by atoms with Crippen LogP contribution in [0.3, 0.4) is 0 Å². The number of nitrogens with zero attached hydrogens (tertiary/aromatic N) is 2. The summed E-state index contributed by atoms with van der Waals surface area (Å²) >= 11 is 5.23. The van der Waals surface area contributed by atoms with E-state index in [1.165, 1.54) is 14.9 Å². The molecule has 2 heterocycles. The molecule has 2 aromatic rings. The van der Waals surface area contributed by atoms with E-state index in [4.69, 9.17) is 0 Å². The second-order valence-electron chi connectivity index (χ2n) is 4.91. The molecule has 0 atom stereocenters. The lowest BCUT2D eigenvalue weighted by Crippen LogP contribution is -2.17. The van der Waals surface area contributed by atoms with E-state index in [1.807, 2.05) is 6.20 Å². The number of hydrogen-bond donors (Lipinski definition) is 1. The number of aromatic nitrogens is 1. The maximum Gasteiger partial charge on any atom is 0.125 e. The summed E-state index contributed by atoms with van der Waals surface area (Å²) in [5.41, 5.74) is 2.59. The minimum Gasteiger partial charge on any atom is -0.370 e. The quantitative estimate of drug-likeness (QED) is 0.801. The number of anilines is 1. The first-order valence-corrected chi connectivity index (χ1v) is 8.45. The average Bonchev–Trinajstić information content (AvgIpc) is 2.83. The van der Waals surface area contributed by atoms with Crippen LogP contribution < -0.4 is 5.32 Å². The van der Waals surface area contributed by atoms with Gasteiger partial charge < -0.3 is 5.32 Å². The molecule has 3 nitrogen and oxygen atoms in total. The zero-order chi connectivity index (χ0) is 14.4. The number of rotatable bonds is 7. The highest BCUT2D eigenvalue weighted by Gasteiger charge is 2.04. The van der Waals surface area contributed by atoms with Crippen molar-refractivity contribution >= 4 is 33.1 Å². The number of thiophene rings is 1. The lowest BCUT2D eigenvalue weighted by atomic mass is 10.2. The molecule has 0 aliphatic carbocycles. The van der Waals surface area contributed by atoms with E-state index in [9.17, 15) is 0 Å². The van der Waals surface area contributed by atoms with Gasteiger partial charge in [-0.1, -0.05) is 13.0 Å². The summed E-state index contributed by atoms with van der Waals surface area (Å²) in [6.07, 6.45) is 3.07. The van der Waals surface area contributed by atoms with E-state index in [0.29, 0.717) is 0 Å². The molecule has 1 N–H and O–H groups in total. The van der Waals surface area contributed by atoms with Crippen molar-refractivity contribution in [2.45, 2.75) is 26.4 Å². The second kappa shape index (κ2) is 7.76. The lowest BCUT2D eigenvalue weighted by Gasteiger charge is -2.16. The molecule has 5 heteroatoms. The van der Waals surface area contributed by atoms with Crippen LogP contribution in [0.25, 0.3) is 0 Å². The molecule has 0 aromatic carbocycles. The van der Waals surface area contributed by atoms with Crippen molar-refractivity contribution < 1.29 is 0 Å². The molecule has 0 saturated heterocycles. The summed E-state index contributed by atoms with van der Waals surface area (Å²) in [5, 5.41) is 5.48. The predicted octanol–water partition coefficient (Wildman–Crippen LogP) is 4.36. The first-order valence-electron chi connectivity index (χ1n) is 6.77. The molecule has 0 amide bonds. The summed E-state index contributed by atoms with van der Waals surface area (Å²) in [7, 11) is 2.13. The van der Waals surface area contributed by atoms with E-state index in [0.717, 1.165) is 31.9 Å². The number of halogens is 1. The van der Waals surface area contributed by atoms with Crippen LogP contribution in [0.15, 0.2) is 33.6 Å². The molecule has 0 spiro atoms. The van der Waals surface area contributed by atoms with Crippen LogP contribution in [0, 0.1) is 0 Å². The van der Waals surface area contributed by atoms with Crippen molar-refractivity contribution in [2.75, 3.05) is 18.9 Å². The van der Waals surface area contributed by atoms with Gasteiger partial charge in [-0.15, -0.1) is 11.3 Å². The molecular formula is C15H20BrN3S. The van der Waals surface area contributed by atoms with Crippen LogP contribution in [-0.4, -0.2) is 23.5 Å². The summed E-state index contributed by atoms with van der Waals surface area (Å²) in [4.78, 5) is 6.73. The minimum absolute atomic E-state index is 0.911. The molecule has 0 unspecified atom stereocenters. The Kier molecular flexibility index (Phi) is 6.01. The molecule has 2 aromatic heterocycles. The van der Waals surface area contributed by atoms with Gasteiger partial charge in [-0.05, 0) is 58.0 Å². The maximum absolute atomic E-state index is 4.44. The Balaban J connectivity index is 1.85. The van der Waals surface area contributed by atoms with E-state index in [2.05, 4.69) is 68.7 Å². The molecule has 0 saturated carbocycles. The second-order valence-corrected chi connectivity index (χ2v) is 7.20. The van der Waals surface area contributed by atoms with E-state index < -0.39 is 0 Å². The normalized spacial score (nSPS) is 11.0. The third-order valence-corrected chi connectivity index (χ3v) is 4.46. The van der Waals surface area contributed by atoms with Crippen molar-refractivity contribution in [3.05, 3.63) is 44.7 Å². The molecule has 108 valence electrons. The fourth-order valence-corrected chi connectivity index (χ4v) is 3.18. The van der Waals surface area contributed by atoms with Gasteiger partial charge in [0.1, 0.15) is 5.82 Å². The standard InChI is InChI=1S/C15H20BrN3S/c1-3-6-17-15-5-4-12(8-18-15)9-19(2)10-13-7-14(16)20-11-13/h4-5,7-8,11H,3,6,9-10H2,1-2H3,(H,17,18). The first kappa shape index (κ1) is 15.5. The van der Waals surface area contributed by atoms with Crippen molar-refractivity contribution in [1.29, 1.82) is 0 Å². The van der Waals surface area contributed by atoms with Crippen LogP contribution in [0.5, 0.6) is 0 Å². The fraction of sp³-hybridized carbons (Fsp3) is 0.400. The van der Waals surface area contributed by atoms with Gasteiger partial charge in [0.15, 0.2) is 0 Å². The Morgan fingerprint density at radius 2 is 2.10 bits per heavy atom. The van der Waals surface area contributed by atoms with Gasteiger partial charge in [0.25, 0.3) is 0 Å². The van der Waals surface area contributed by atoms with Gasteiger partial charge in [0, 0.05) is 25.8 Å². The number of nitrogens with one attached hydrogen (secondary N) is 1. The van der Waals surface area contributed by atoms with E-state index >= 15 is 0 Å².